The predicted molar refractivity (Wildman–Crippen MR) is 47.9 cm³/mol. The van der Waals surface area contributed by atoms with Crippen LogP contribution in [0, 0.1) is 0 Å². The molecule has 0 aliphatic heterocycles. The molecule has 64 valence electrons. The molecule has 0 amide bonds. The molecule has 0 atom stereocenters. The van der Waals surface area contributed by atoms with E-state index in [4.69, 9.17) is 0 Å². The third-order valence-corrected chi connectivity index (χ3v) is 3.60. The van der Waals surface area contributed by atoms with Gasteiger partial charge in [0.25, 0.3) is 0 Å². The molecule has 0 saturated heterocycles. The normalized spacial score (nSPS) is 10.3. The Balaban J connectivity index is 4.72. The standard InChI is InChI=1S/C8H15O2P/c1-7(11(3,4)5)6-8(9)10-2/h1-5H3. The molecule has 0 rings (SSSR count). The van der Waals surface area contributed by atoms with Gasteiger partial charge in [-0.15, -0.1) is 0 Å². The Morgan fingerprint density at radius 2 is 1.82 bits per heavy atom. The summed E-state index contributed by atoms with van der Waals surface area (Å²) in [5.41, 5.74) is 2.67. The van der Waals surface area contributed by atoms with E-state index in [0.29, 0.717) is 0 Å². The fraction of sp³-hybridized carbons (Fsp3) is 0.625. The van der Waals surface area contributed by atoms with Crippen molar-refractivity contribution in [1.29, 1.82) is 0 Å². The van der Waals surface area contributed by atoms with Gasteiger partial charge in [0, 0.05) is 14.2 Å². The number of hydrogen-bond acceptors (Lipinski definition) is 2. The first kappa shape index (κ1) is 10.6. The van der Waals surface area contributed by atoms with E-state index in [9.17, 15) is 5.11 Å². The number of hydrogen-bond donors (Lipinski definition) is 0. The van der Waals surface area contributed by atoms with Crippen molar-refractivity contribution in [3.63, 3.8) is 0 Å². The predicted octanol–water partition coefficient (Wildman–Crippen LogP) is 1.24. The summed E-state index contributed by atoms with van der Waals surface area (Å²) in [7, 11) is 0.296. The monoisotopic (exact) mass is 174 g/mol. The molecule has 0 aromatic rings. The third kappa shape index (κ3) is 4.08. The molecule has 0 fully saturated rings. The number of rotatable bonds is 2. The highest BCUT2D eigenvalue weighted by Gasteiger charge is 2.19. The van der Waals surface area contributed by atoms with Crippen molar-refractivity contribution in [3.05, 3.63) is 17.0 Å². The molecule has 2 nitrogen and oxygen atoms in total. The van der Waals surface area contributed by atoms with Crippen molar-refractivity contribution in [2.24, 2.45) is 0 Å². The maximum atomic E-state index is 10.7. The minimum absolute atomic E-state index is 0.377. The van der Waals surface area contributed by atoms with Gasteiger partial charge >= 0.3 is 0 Å². The van der Waals surface area contributed by atoms with Gasteiger partial charge in [-0.3, -0.25) is 0 Å². The van der Waals surface area contributed by atoms with E-state index >= 15 is 0 Å². The summed E-state index contributed by atoms with van der Waals surface area (Å²) >= 11 is 0. The Bertz CT molecular complexity index is 195. The lowest BCUT2D eigenvalue weighted by atomic mass is 10.6. The van der Waals surface area contributed by atoms with Crippen LogP contribution in [0.1, 0.15) is 6.92 Å². The summed E-state index contributed by atoms with van der Waals surface area (Å²) in [6.45, 7) is 8.33. The van der Waals surface area contributed by atoms with Gasteiger partial charge in [-0.25, -0.2) is 0 Å². The molecule has 0 unspecified atom stereocenters. The molecule has 0 radical (unpaired) electrons. The second kappa shape index (κ2) is 3.80. The molecular weight excluding hydrogens is 159 g/mol. The molecule has 0 N–H and O–H groups in total. The van der Waals surface area contributed by atoms with Crippen LogP contribution in [-0.2, 0) is 4.74 Å². The number of methoxy groups -OCH3 is 1. The zero-order valence-electron chi connectivity index (χ0n) is 7.76. The summed E-state index contributed by atoms with van der Waals surface area (Å²) in [4.78, 5) is 0. The van der Waals surface area contributed by atoms with Crippen molar-refractivity contribution in [3.8, 4) is 0 Å². The van der Waals surface area contributed by atoms with Crippen LogP contribution in [0.4, 0.5) is 0 Å². The van der Waals surface area contributed by atoms with Crippen molar-refractivity contribution in [2.45, 2.75) is 6.92 Å². The average molecular weight is 174 g/mol. The molecule has 0 heterocycles. The van der Waals surface area contributed by atoms with E-state index < -0.39 is 7.26 Å². The molecule has 0 aliphatic carbocycles. The van der Waals surface area contributed by atoms with Crippen LogP contribution in [0.15, 0.2) is 17.0 Å². The topological polar surface area (TPSA) is 32.3 Å². The lowest BCUT2D eigenvalue weighted by Crippen LogP contribution is -2.03. The largest absolute Gasteiger partial charge is 0.611 e. The van der Waals surface area contributed by atoms with Crippen molar-refractivity contribution in [2.75, 3.05) is 27.1 Å². The lowest BCUT2D eigenvalue weighted by Gasteiger charge is -2.10. The quantitative estimate of drug-likeness (QED) is 0.358. The maximum Gasteiger partial charge on any atom is 0.110 e. The Morgan fingerprint density at radius 3 is 2.09 bits per heavy atom. The van der Waals surface area contributed by atoms with Crippen LogP contribution < -0.4 is 5.11 Å². The molecule has 0 spiro atoms. The fourth-order valence-electron chi connectivity index (χ4n) is 0.366. The van der Waals surface area contributed by atoms with Gasteiger partial charge in [-0.1, -0.05) is 5.73 Å². The fourth-order valence-corrected chi connectivity index (χ4v) is 0.793. The smallest absolute Gasteiger partial charge is 0.110 e. The first-order valence-electron chi connectivity index (χ1n) is 3.38. The zero-order valence-corrected chi connectivity index (χ0v) is 8.66. The van der Waals surface area contributed by atoms with E-state index in [1.165, 1.54) is 7.11 Å². The van der Waals surface area contributed by atoms with E-state index in [0.717, 1.165) is 5.31 Å². The molecule has 11 heavy (non-hydrogen) atoms. The molecule has 0 saturated carbocycles. The lowest BCUT2D eigenvalue weighted by molar-refractivity contribution is -0.352. The Morgan fingerprint density at radius 1 is 1.36 bits per heavy atom. The minimum atomic E-state index is -1.07. The van der Waals surface area contributed by atoms with Crippen molar-refractivity contribution >= 4 is 7.26 Å². The Labute approximate surface area is 68.9 Å². The summed E-state index contributed by atoms with van der Waals surface area (Å²) in [6, 6.07) is 0. The van der Waals surface area contributed by atoms with Gasteiger partial charge in [0.1, 0.15) is 5.31 Å². The van der Waals surface area contributed by atoms with Crippen molar-refractivity contribution in [1.82, 2.24) is 0 Å². The van der Waals surface area contributed by atoms with Gasteiger partial charge in [0.15, 0.2) is 0 Å². The van der Waals surface area contributed by atoms with Crippen LogP contribution in [0.25, 0.3) is 0 Å². The highest BCUT2D eigenvalue weighted by Crippen LogP contribution is 2.54. The summed E-state index contributed by atoms with van der Waals surface area (Å²) in [5.74, 6) is -0.377. The second-order valence-electron chi connectivity index (χ2n) is 3.21. The third-order valence-electron chi connectivity index (χ3n) is 1.47. The Kier molecular flexibility index (Phi) is 3.65. The summed E-state index contributed by atoms with van der Waals surface area (Å²) < 4.78 is 4.46. The summed E-state index contributed by atoms with van der Waals surface area (Å²) in [6.07, 6.45) is 0. The van der Waals surface area contributed by atoms with Crippen LogP contribution in [0.3, 0.4) is 0 Å². The van der Waals surface area contributed by atoms with E-state index in [-0.39, 0.29) is 5.95 Å². The molecule has 0 aromatic heterocycles. The molecule has 0 bridgehead atoms. The molecular formula is C8H15O2P. The van der Waals surface area contributed by atoms with Gasteiger partial charge in [0.05, 0.1) is 25.9 Å². The SMILES string of the molecule is COC([O-])=C=C(C)[P+](C)(C)C. The maximum absolute atomic E-state index is 10.7. The van der Waals surface area contributed by atoms with Gasteiger partial charge in [-0.05, 0) is 7.11 Å². The van der Waals surface area contributed by atoms with E-state index in [1.807, 2.05) is 6.92 Å². The number of allylic oxidation sites excluding steroid dienone is 1. The van der Waals surface area contributed by atoms with E-state index in [2.05, 4.69) is 30.5 Å². The van der Waals surface area contributed by atoms with Crippen LogP contribution in [-0.4, -0.2) is 27.1 Å². The van der Waals surface area contributed by atoms with Crippen LogP contribution >= 0.6 is 7.26 Å². The summed E-state index contributed by atoms with van der Waals surface area (Å²) in [5, 5.41) is 11.8. The molecule has 0 aliphatic rings. The molecule has 3 heteroatoms. The van der Waals surface area contributed by atoms with E-state index in [1.54, 1.807) is 0 Å². The molecule has 0 aromatic carbocycles. The second-order valence-corrected chi connectivity index (χ2v) is 7.91. The highest BCUT2D eigenvalue weighted by molar-refractivity contribution is 7.77. The van der Waals surface area contributed by atoms with Crippen molar-refractivity contribution < 1.29 is 9.84 Å². The highest BCUT2D eigenvalue weighted by atomic mass is 31.2. The zero-order chi connectivity index (χ0) is 9.07. The average Bonchev–Trinajstić information content (AvgIpc) is 1.85. The Hall–Kier alpha value is -0.450. The first-order chi connectivity index (χ1) is 4.88. The van der Waals surface area contributed by atoms with Crippen LogP contribution in [0.2, 0.25) is 0 Å². The number of ether oxygens (including phenoxy) is 1. The van der Waals surface area contributed by atoms with Gasteiger partial charge < -0.3 is 9.84 Å². The van der Waals surface area contributed by atoms with Gasteiger partial charge in [-0.2, -0.15) is 0 Å². The van der Waals surface area contributed by atoms with Crippen LogP contribution in [0.5, 0.6) is 0 Å². The first-order valence-corrected chi connectivity index (χ1v) is 6.51. The minimum Gasteiger partial charge on any atom is -0.611 e. The van der Waals surface area contributed by atoms with Gasteiger partial charge in [0.2, 0.25) is 0 Å².